The minimum Gasteiger partial charge on any atom is -0.461 e. The van der Waals surface area contributed by atoms with Gasteiger partial charge >= 0.3 is 0 Å². The molecule has 4 nitrogen and oxygen atoms in total. The Morgan fingerprint density at radius 3 is 2.50 bits per heavy atom. The van der Waals surface area contributed by atoms with Crippen LogP contribution in [0, 0.1) is 10.1 Å². The van der Waals surface area contributed by atoms with Crippen LogP contribution in [0.15, 0.2) is 34.7 Å². The molecule has 1 aromatic heterocycles. The van der Waals surface area contributed by atoms with Crippen LogP contribution in [-0.2, 0) is 12.8 Å². The maximum Gasteiger partial charge on any atom is 0.269 e. The zero-order valence-corrected chi connectivity index (χ0v) is 9.89. The Labute approximate surface area is 104 Å². The van der Waals surface area contributed by atoms with E-state index in [2.05, 4.69) is 6.07 Å². The summed E-state index contributed by atoms with van der Waals surface area (Å²) in [5.41, 5.74) is 2.29. The molecule has 0 atom stereocenters. The minimum absolute atomic E-state index is 0.107. The van der Waals surface area contributed by atoms with E-state index in [9.17, 15) is 10.1 Å². The van der Waals surface area contributed by atoms with Crippen molar-refractivity contribution in [3.05, 3.63) is 51.8 Å². The lowest BCUT2D eigenvalue weighted by Crippen LogP contribution is -1.97. The number of nitro groups is 1. The van der Waals surface area contributed by atoms with Crippen molar-refractivity contribution >= 4 is 5.69 Å². The van der Waals surface area contributed by atoms with E-state index < -0.39 is 4.92 Å². The quantitative estimate of drug-likeness (QED) is 0.596. The maximum atomic E-state index is 10.6. The van der Waals surface area contributed by atoms with Gasteiger partial charge in [-0.25, -0.2) is 0 Å². The summed E-state index contributed by atoms with van der Waals surface area (Å²) in [6.45, 7) is 0. The van der Waals surface area contributed by atoms with Gasteiger partial charge in [0, 0.05) is 24.1 Å². The van der Waals surface area contributed by atoms with Crippen molar-refractivity contribution in [2.75, 3.05) is 0 Å². The molecule has 0 saturated heterocycles. The molecule has 0 radical (unpaired) electrons. The number of benzene rings is 1. The standard InChI is InChI=1S/C14H13NO3/c16-15(17)12-7-5-10(6-8-12)14-9-11-3-1-2-4-13(11)18-14/h5-9H,1-4H2. The van der Waals surface area contributed by atoms with Gasteiger partial charge in [-0.3, -0.25) is 10.1 Å². The molecule has 0 saturated carbocycles. The average molecular weight is 243 g/mol. The molecule has 0 amide bonds. The van der Waals surface area contributed by atoms with Crippen molar-refractivity contribution in [3.63, 3.8) is 0 Å². The highest BCUT2D eigenvalue weighted by atomic mass is 16.6. The van der Waals surface area contributed by atoms with E-state index in [0.29, 0.717) is 0 Å². The van der Waals surface area contributed by atoms with Gasteiger partial charge in [0.25, 0.3) is 5.69 Å². The van der Waals surface area contributed by atoms with Crippen molar-refractivity contribution in [1.29, 1.82) is 0 Å². The third-order valence-electron chi connectivity index (χ3n) is 3.36. The Kier molecular flexibility index (Phi) is 2.63. The molecular weight excluding hydrogens is 230 g/mol. The molecule has 4 heteroatoms. The van der Waals surface area contributed by atoms with Crippen LogP contribution in [0.3, 0.4) is 0 Å². The van der Waals surface area contributed by atoms with E-state index in [1.165, 1.54) is 30.5 Å². The first-order chi connectivity index (χ1) is 8.74. The fraction of sp³-hybridized carbons (Fsp3) is 0.286. The third-order valence-corrected chi connectivity index (χ3v) is 3.36. The smallest absolute Gasteiger partial charge is 0.269 e. The van der Waals surface area contributed by atoms with Gasteiger partial charge in [-0.2, -0.15) is 0 Å². The molecule has 0 fully saturated rings. The van der Waals surface area contributed by atoms with E-state index in [4.69, 9.17) is 4.42 Å². The van der Waals surface area contributed by atoms with E-state index in [1.54, 1.807) is 12.1 Å². The molecule has 0 spiro atoms. The van der Waals surface area contributed by atoms with Gasteiger partial charge < -0.3 is 4.42 Å². The summed E-state index contributed by atoms with van der Waals surface area (Å²) in [5.74, 6) is 1.89. The number of furan rings is 1. The van der Waals surface area contributed by atoms with E-state index in [0.717, 1.165) is 29.9 Å². The first-order valence-corrected chi connectivity index (χ1v) is 6.10. The van der Waals surface area contributed by atoms with Crippen molar-refractivity contribution < 1.29 is 9.34 Å². The Morgan fingerprint density at radius 2 is 1.83 bits per heavy atom. The van der Waals surface area contributed by atoms with Gasteiger partial charge in [0.1, 0.15) is 11.5 Å². The summed E-state index contributed by atoms with van der Waals surface area (Å²) < 4.78 is 5.82. The van der Waals surface area contributed by atoms with Crippen LogP contribution in [0.25, 0.3) is 11.3 Å². The van der Waals surface area contributed by atoms with Crippen molar-refractivity contribution in [1.82, 2.24) is 0 Å². The number of hydrogen-bond donors (Lipinski definition) is 0. The fourth-order valence-corrected chi connectivity index (χ4v) is 2.38. The lowest BCUT2D eigenvalue weighted by molar-refractivity contribution is -0.384. The van der Waals surface area contributed by atoms with E-state index in [1.807, 2.05) is 0 Å². The zero-order valence-electron chi connectivity index (χ0n) is 9.89. The third kappa shape index (κ3) is 1.90. The zero-order chi connectivity index (χ0) is 12.5. The second-order valence-corrected chi connectivity index (χ2v) is 4.57. The molecular formula is C14H13NO3. The molecule has 1 heterocycles. The number of fused-ring (bicyclic) bond motifs is 1. The molecule has 1 aromatic carbocycles. The van der Waals surface area contributed by atoms with Crippen molar-refractivity contribution in [2.24, 2.45) is 0 Å². The molecule has 2 aromatic rings. The molecule has 0 aliphatic heterocycles. The van der Waals surface area contributed by atoms with Gasteiger partial charge in [-0.15, -0.1) is 0 Å². The highest BCUT2D eigenvalue weighted by Crippen LogP contribution is 2.31. The second-order valence-electron chi connectivity index (χ2n) is 4.57. The number of aryl methyl sites for hydroxylation is 2. The largest absolute Gasteiger partial charge is 0.461 e. The van der Waals surface area contributed by atoms with Crippen LogP contribution >= 0.6 is 0 Å². The van der Waals surface area contributed by atoms with Gasteiger partial charge in [-0.1, -0.05) is 0 Å². The molecule has 92 valence electrons. The molecule has 1 aliphatic carbocycles. The normalized spacial score (nSPS) is 14.2. The lowest BCUT2D eigenvalue weighted by atomic mass is 9.98. The predicted molar refractivity (Wildman–Crippen MR) is 67.4 cm³/mol. The van der Waals surface area contributed by atoms with Gasteiger partial charge in [0.05, 0.1) is 4.92 Å². The van der Waals surface area contributed by atoms with Crippen LogP contribution in [0.5, 0.6) is 0 Å². The summed E-state index contributed by atoms with van der Waals surface area (Å²) in [6, 6.07) is 8.56. The Hall–Kier alpha value is -2.10. The topological polar surface area (TPSA) is 56.3 Å². The molecule has 0 unspecified atom stereocenters. The van der Waals surface area contributed by atoms with Crippen molar-refractivity contribution in [2.45, 2.75) is 25.7 Å². The van der Waals surface area contributed by atoms with E-state index >= 15 is 0 Å². The van der Waals surface area contributed by atoms with Gasteiger partial charge in [0.15, 0.2) is 0 Å². The Bertz CT molecular complexity index is 560. The predicted octanol–water partition coefficient (Wildman–Crippen LogP) is 3.73. The van der Waals surface area contributed by atoms with Crippen LogP contribution in [-0.4, -0.2) is 4.92 Å². The number of nitro benzene ring substituents is 1. The van der Waals surface area contributed by atoms with Crippen LogP contribution in [0.2, 0.25) is 0 Å². The minimum atomic E-state index is -0.392. The lowest BCUT2D eigenvalue weighted by Gasteiger charge is -2.07. The summed E-state index contributed by atoms with van der Waals surface area (Å²) in [6.07, 6.45) is 4.47. The van der Waals surface area contributed by atoms with Gasteiger partial charge in [-0.05, 0) is 43.0 Å². The summed E-state index contributed by atoms with van der Waals surface area (Å²) in [4.78, 5) is 10.2. The van der Waals surface area contributed by atoms with Crippen LogP contribution in [0.4, 0.5) is 5.69 Å². The van der Waals surface area contributed by atoms with E-state index in [-0.39, 0.29) is 5.69 Å². The first-order valence-electron chi connectivity index (χ1n) is 6.10. The summed E-state index contributed by atoms with van der Waals surface area (Å²) in [7, 11) is 0. The Morgan fingerprint density at radius 1 is 1.11 bits per heavy atom. The summed E-state index contributed by atoms with van der Waals surface area (Å²) >= 11 is 0. The summed E-state index contributed by atoms with van der Waals surface area (Å²) in [5, 5.41) is 10.6. The van der Waals surface area contributed by atoms with Crippen LogP contribution in [0.1, 0.15) is 24.2 Å². The number of non-ortho nitro benzene ring substituents is 1. The average Bonchev–Trinajstić information content (AvgIpc) is 2.82. The Balaban J connectivity index is 1.94. The molecule has 1 aliphatic rings. The van der Waals surface area contributed by atoms with Crippen LogP contribution < -0.4 is 0 Å². The highest BCUT2D eigenvalue weighted by Gasteiger charge is 2.16. The van der Waals surface area contributed by atoms with Gasteiger partial charge in [0.2, 0.25) is 0 Å². The molecule has 18 heavy (non-hydrogen) atoms. The highest BCUT2D eigenvalue weighted by molar-refractivity contribution is 5.61. The first kappa shape index (κ1) is 11.0. The fourth-order valence-electron chi connectivity index (χ4n) is 2.38. The molecule has 0 bridgehead atoms. The van der Waals surface area contributed by atoms with Crippen molar-refractivity contribution in [3.8, 4) is 11.3 Å². The number of nitrogens with zero attached hydrogens (tertiary/aromatic N) is 1. The number of rotatable bonds is 2. The molecule has 3 rings (SSSR count). The SMILES string of the molecule is O=[N+]([O-])c1ccc(-c2cc3c(o2)CCCC3)cc1. The second kappa shape index (κ2) is 4.29. The number of hydrogen-bond acceptors (Lipinski definition) is 3. The monoisotopic (exact) mass is 243 g/mol. The molecule has 0 N–H and O–H groups in total. The maximum absolute atomic E-state index is 10.6.